The van der Waals surface area contributed by atoms with Gasteiger partial charge in [0, 0.05) is 0 Å². The number of aliphatic hydroxyl groups is 2. The van der Waals surface area contributed by atoms with E-state index in [1.54, 1.807) is 0 Å². The highest BCUT2D eigenvalue weighted by Crippen LogP contribution is 1.75. The Morgan fingerprint density at radius 3 is 2.33 bits per heavy atom. The number of hydrogen-bond donors (Lipinski definition) is 2. The molecule has 0 aliphatic heterocycles. The molecule has 0 radical (unpaired) electrons. The maximum absolute atomic E-state index is 9.08. The van der Waals surface area contributed by atoms with E-state index in [2.05, 4.69) is 5.18 Å². The van der Waals surface area contributed by atoms with Gasteiger partial charge in [-0.15, -0.1) is 4.91 Å². The van der Waals surface area contributed by atoms with Gasteiger partial charge in [-0.1, -0.05) is 0 Å². The molecule has 2 N–H and O–H groups in total. The van der Waals surface area contributed by atoms with Crippen molar-refractivity contribution in [2.75, 3.05) is 6.61 Å². The molecule has 0 heterocycles. The standard InChI is InChI=1S/C2H5NO3/c4-1-2(5)3-6/h2,4-5H,1H2. The third-order valence-corrected chi connectivity index (χ3v) is 0.285. The topological polar surface area (TPSA) is 69.9 Å². The van der Waals surface area contributed by atoms with Crippen LogP contribution in [0.4, 0.5) is 0 Å². The van der Waals surface area contributed by atoms with Gasteiger partial charge >= 0.3 is 0 Å². The molecule has 0 aliphatic rings. The van der Waals surface area contributed by atoms with Crippen molar-refractivity contribution in [2.45, 2.75) is 6.23 Å². The fourth-order valence-electron chi connectivity index (χ4n) is 0.0333. The molecular formula is C2H5NO3. The highest BCUT2D eigenvalue weighted by molar-refractivity contribution is 4.41. The predicted octanol–water partition coefficient (Wildman–Crippen LogP) is -0.937. The van der Waals surface area contributed by atoms with E-state index < -0.39 is 12.8 Å². The van der Waals surface area contributed by atoms with Crippen LogP contribution in [0.1, 0.15) is 0 Å². The van der Waals surface area contributed by atoms with Crippen LogP contribution < -0.4 is 0 Å². The van der Waals surface area contributed by atoms with Crippen LogP contribution in [0.25, 0.3) is 0 Å². The first kappa shape index (κ1) is 5.52. The fourth-order valence-corrected chi connectivity index (χ4v) is 0.0333. The molecule has 0 bridgehead atoms. The van der Waals surface area contributed by atoms with E-state index in [1.165, 1.54) is 0 Å². The van der Waals surface area contributed by atoms with Gasteiger partial charge in [0.2, 0.25) is 6.23 Å². The third-order valence-electron chi connectivity index (χ3n) is 0.285. The molecular weight excluding hydrogens is 86.0 g/mol. The Kier molecular flexibility index (Phi) is 2.52. The Morgan fingerprint density at radius 2 is 2.33 bits per heavy atom. The van der Waals surface area contributed by atoms with Crippen LogP contribution in [-0.2, 0) is 0 Å². The summed E-state index contributed by atoms with van der Waals surface area (Å²) in [7, 11) is 0. The maximum atomic E-state index is 9.08. The minimum Gasteiger partial charge on any atom is -0.391 e. The first-order valence-electron chi connectivity index (χ1n) is 1.42. The lowest BCUT2D eigenvalue weighted by molar-refractivity contribution is 0.101. The summed E-state index contributed by atoms with van der Waals surface area (Å²) in [6, 6.07) is 0. The Hall–Kier alpha value is -0.480. The summed E-state index contributed by atoms with van der Waals surface area (Å²) in [5.74, 6) is 0. The normalized spacial score (nSPS) is 13.7. The van der Waals surface area contributed by atoms with Crippen LogP contribution >= 0.6 is 0 Å². The maximum Gasteiger partial charge on any atom is 0.210 e. The molecule has 0 spiro atoms. The van der Waals surface area contributed by atoms with Gasteiger partial charge in [-0.2, -0.15) is 0 Å². The molecule has 0 saturated carbocycles. The van der Waals surface area contributed by atoms with E-state index >= 15 is 0 Å². The Balaban J connectivity index is 2.96. The highest BCUT2D eigenvalue weighted by atomic mass is 16.4. The van der Waals surface area contributed by atoms with Gasteiger partial charge in [0.1, 0.15) is 0 Å². The molecule has 1 atom stereocenters. The number of hydrogen-bond acceptors (Lipinski definition) is 4. The van der Waals surface area contributed by atoms with E-state index in [9.17, 15) is 0 Å². The van der Waals surface area contributed by atoms with Gasteiger partial charge in [0.15, 0.2) is 0 Å². The number of aliphatic hydroxyl groups excluding tert-OH is 2. The zero-order valence-electron chi connectivity index (χ0n) is 3.03. The third kappa shape index (κ3) is 1.80. The van der Waals surface area contributed by atoms with Crippen molar-refractivity contribution < 1.29 is 10.2 Å². The van der Waals surface area contributed by atoms with E-state index in [-0.39, 0.29) is 0 Å². The molecule has 6 heavy (non-hydrogen) atoms. The zero-order chi connectivity index (χ0) is 4.99. The van der Waals surface area contributed by atoms with Gasteiger partial charge in [-0.25, -0.2) is 0 Å². The molecule has 0 aliphatic carbocycles. The lowest BCUT2D eigenvalue weighted by Crippen LogP contribution is -2.05. The van der Waals surface area contributed by atoms with Crippen LogP contribution in [0.15, 0.2) is 5.18 Å². The second kappa shape index (κ2) is 2.74. The molecule has 0 aromatic carbocycles. The summed E-state index contributed by atoms with van der Waals surface area (Å²) in [6.07, 6.45) is -1.44. The quantitative estimate of drug-likeness (QED) is 0.431. The number of nitroso groups, excluding NO2 is 1. The summed E-state index contributed by atoms with van der Waals surface area (Å²) in [5, 5.41) is 17.8. The highest BCUT2D eigenvalue weighted by Gasteiger charge is 1.93. The number of nitrogens with zero attached hydrogens (tertiary/aromatic N) is 1. The van der Waals surface area contributed by atoms with Crippen molar-refractivity contribution in [1.82, 2.24) is 0 Å². The molecule has 4 heteroatoms. The van der Waals surface area contributed by atoms with E-state index in [0.717, 1.165) is 0 Å². The molecule has 0 amide bonds. The average Bonchev–Trinajstić information content (AvgIpc) is 1.65. The van der Waals surface area contributed by atoms with E-state index in [1.807, 2.05) is 0 Å². The Bertz CT molecular complexity index is 46.1. The second-order valence-corrected chi connectivity index (χ2v) is 0.769. The van der Waals surface area contributed by atoms with Crippen LogP contribution in [0.3, 0.4) is 0 Å². The van der Waals surface area contributed by atoms with Crippen molar-refractivity contribution in [3.05, 3.63) is 4.91 Å². The monoisotopic (exact) mass is 91.0 g/mol. The minimum atomic E-state index is -1.44. The largest absolute Gasteiger partial charge is 0.391 e. The van der Waals surface area contributed by atoms with Gasteiger partial charge in [0.05, 0.1) is 6.61 Å². The molecule has 1 unspecified atom stereocenters. The van der Waals surface area contributed by atoms with Gasteiger partial charge in [-0.05, 0) is 5.18 Å². The second-order valence-electron chi connectivity index (χ2n) is 0.769. The summed E-state index contributed by atoms with van der Waals surface area (Å²) in [6.45, 7) is -0.594. The van der Waals surface area contributed by atoms with Crippen molar-refractivity contribution >= 4 is 0 Å². The zero-order valence-corrected chi connectivity index (χ0v) is 3.03. The van der Waals surface area contributed by atoms with Crippen LogP contribution in [0.2, 0.25) is 0 Å². The molecule has 0 saturated heterocycles. The van der Waals surface area contributed by atoms with Crippen molar-refractivity contribution in [3.63, 3.8) is 0 Å². The first-order chi connectivity index (χ1) is 2.81. The van der Waals surface area contributed by atoms with Crippen molar-refractivity contribution in [1.29, 1.82) is 0 Å². The van der Waals surface area contributed by atoms with Gasteiger partial charge in [0.25, 0.3) is 0 Å². The Labute approximate surface area is 34.4 Å². The molecule has 0 rings (SSSR count). The average molecular weight is 91.1 g/mol. The summed E-state index contributed by atoms with van der Waals surface area (Å²) < 4.78 is 0. The van der Waals surface area contributed by atoms with Crippen molar-refractivity contribution in [3.8, 4) is 0 Å². The molecule has 0 aromatic rings. The predicted molar refractivity (Wildman–Crippen MR) is 18.9 cm³/mol. The van der Waals surface area contributed by atoms with E-state index in [0.29, 0.717) is 0 Å². The summed E-state index contributed by atoms with van der Waals surface area (Å²) in [5.41, 5.74) is 0. The molecule has 4 nitrogen and oxygen atoms in total. The fraction of sp³-hybridized carbons (Fsp3) is 1.00. The summed E-state index contributed by atoms with van der Waals surface area (Å²) >= 11 is 0. The summed E-state index contributed by atoms with van der Waals surface area (Å²) in [4.78, 5) is 9.08. The van der Waals surface area contributed by atoms with Crippen LogP contribution in [0, 0.1) is 4.91 Å². The minimum absolute atomic E-state index is 0.594. The number of rotatable bonds is 2. The lowest BCUT2D eigenvalue weighted by atomic mass is 10.7. The van der Waals surface area contributed by atoms with Gasteiger partial charge in [-0.3, -0.25) is 0 Å². The van der Waals surface area contributed by atoms with Crippen LogP contribution in [0.5, 0.6) is 0 Å². The van der Waals surface area contributed by atoms with E-state index in [4.69, 9.17) is 15.1 Å². The smallest absolute Gasteiger partial charge is 0.210 e. The molecule has 0 fully saturated rings. The molecule has 36 valence electrons. The van der Waals surface area contributed by atoms with Crippen LogP contribution in [-0.4, -0.2) is 23.0 Å². The SMILES string of the molecule is O=NC(O)CO. The molecule has 0 aromatic heterocycles. The van der Waals surface area contributed by atoms with Gasteiger partial charge < -0.3 is 10.2 Å². The Morgan fingerprint density at radius 1 is 1.83 bits per heavy atom. The lowest BCUT2D eigenvalue weighted by Gasteiger charge is -1.87. The first-order valence-corrected chi connectivity index (χ1v) is 1.42. The van der Waals surface area contributed by atoms with Crippen molar-refractivity contribution in [2.24, 2.45) is 5.18 Å².